The lowest BCUT2D eigenvalue weighted by molar-refractivity contribution is 1.31. The fourth-order valence-electron chi connectivity index (χ4n) is 5.60. The van der Waals surface area contributed by atoms with E-state index in [2.05, 4.69) is 127 Å². The summed E-state index contributed by atoms with van der Waals surface area (Å²) in [7, 11) is -1.73. The summed E-state index contributed by atoms with van der Waals surface area (Å²) in [6.07, 6.45) is 0. The Labute approximate surface area is 218 Å². The molecule has 0 saturated heterocycles. The van der Waals surface area contributed by atoms with Crippen LogP contribution in [0.3, 0.4) is 0 Å². The normalized spacial score (nSPS) is 17.8. The minimum Gasteiger partial charge on any atom is -0.131 e. The molecule has 36 heavy (non-hydrogen) atoms. The van der Waals surface area contributed by atoms with Gasteiger partial charge in [-0.15, -0.1) is 10.0 Å². The number of hydrogen-bond donors (Lipinski definition) is 0. The second-order valence-electron chi connectivity index (χ2n) is 9.12. The average Bonchev–Trinajstić information content (AvgIpc) is 3.24. The molecular weight excluding hydrogens is 476 g/mol. The van der Waals surface area contributed by atoms with Crippen molar-refractivity contribution in [1.82, 2.24) is 0 Å². The zero-order valence-corrected chi connectivity index (χ0v) is 21.1. The maximum absolute atomic E-state index is 6.22. The molecule has 7 rings (SSSR count). The molecule has 0 saturated carbocycles. The maximum atomic E-state index is 6.22. The van der Waals surface area contributed by atoms with Gasteiger partial charge in [0, 0.05) is 24.6 Å². The van der Waals surface area contributed by atoms with Crippen LogP contribution in [0, 0.1) is 0 Å². The number of benzene rings is 6. The predicted octanol–water partition coefficient (Wildman–Crippen LogP) is 10.5. The van der Waals surface area contributed by atoms with E-state index in [9.17, 15) is 0 Å². The second-order valence-corrected chi connectivity index (χ2v) is 12.6. The van der Waals surface area contributed by atoms with Gasteiger partial charge in [0.15, 0.2) is 0 Å². The Morgan fingerprint density at radius 3 is 1.94 bits per heavy atom. The minimum absolute atomic E-state index is 0.757. The molecule has 0 N–H and O–H groups in total. The van der Waals surface area contributed by atoms with Gasteiger partial charge in [-0.2, -0.15) is 0 Å². The van der Waals surface area contributed by atoms with Gasteiger partial charge in [-0.25, -0.2) is 0 Å². The van der Waals surface area contributed by atoms with E-state index in [0.717, 1.165) is 5.02 Å². The van der Waals surface area contributed by atoms with Crippen LogP contribution in [0.4, 0.5) is 0 Å². The molecule has 172 valence electrons. The van der Waals surface area contributed by atoms with Crippen molar-refractivity contribution in [3.05, 3.63) is 145 Å². The van der Waals surface area contributed by atoms with Crippen molar-refractivity contribution in [3.8, 4) is 22.3 Å². The van der Waals surface area contributed by atoms with Gasteiger partial charge in [-0.3, -0.25) is 0 Å². The second kappa shape index (κ2) is 8.41. The van der Waals surface area contributed by atoms with Crippen LogP contribution in [0.15, 0.2) is 159 Å². The highest BCUT2D eigenvalue weighted by Gasteiger charge is 2.42. The van der Waals surface area contributed by atoms with Crippen LogP contribution in [0.5, 0.6) is 0 Å². The molecule has 1 aliphatic rings. The first-order chi connectivity index (χ1) is 17.8. The van der Waals surface area contributed by atoms with Crippen molar-refractivity contribution >= 4 is 32.4 Å². The Bertz CT molecular complexity index is 1730. The van der Waals surface area contributed by atoms with Gasteiger partial charge < -0.3 is 0 Å². The van der Waals surface area contributed by atoms with E-state index in [1.807, 2.05) is 12.1 Å². The molecule has 1 atom stereocenters. The summed E-state index contributed by atoms with van der Waals surface area (Å²) in [6, 6.07) is 50.9. The van der Waals surface area contributed by atoms with Gasteiger partial charge in [-0.1, -0.05) is 109 Å². The molecule has 0 spiro atoms. The molecule has 0 amide bonds. The Balaban J connectivity index is 1.64. The van der Waals surface area contributed by atoms with Crippen LogP contribution < -0.4 is 0 Å². The first kappa shape index (κ1) is 21.5. The molecular formula is C34H23ClS. The predicted molar refractivity (Wildman–Crippen MR) is 153 cm³/mol. The summed E-state index contributed by atoms with van der Waals surface area (Å²) in [6.45, 7) is 0. The quantitative estimate of drug-likeness (QED) is 0.227. The topological polar surface area (TPSA) is 0 Å². The fraction of sp³-hybridized carbons (Fsp3) is 0. The van der Waals surface area contributed by atoms with E-state index in [1.165, 1.54) is 52.6 Å². The third kappa shape index (κ3) is 3.10. The monoisotopic (exact) mass is 498 g/mol. The minimum atomic E-state index is -1.73. The number of fused-ring (bicyclic) bond motifs is 4. The lowest BCUT2D eigenvalue weighted by Crippen LogP contribution is -2.03. The van der Waals surface area contributed by atoms with Gasteiger partial charge >= 0.3 is 0 Å². The molecule has 6 aromatic rings. The fourth-order valence-corrected chi connectivity index (χ4v) is 10.2. The van der Waals surface area contributed by atoms with Crippen molar-refractivity contribution in [1.29, 1.82) is 0 Å². The molecule has 0 fully saturated rings. The highest BCUT2D eigenvalue weighted by atomic mass is 35.5. The number of halogens is 1. The summed E-state index contributed by atoms with van der Waals surface area (Å²) in [5, 5.41) is 3.35. The largest absolute Gasteiger partial charge is 0.131 e. The molecule has 6 aromatic carbocycles. The molecule has 0 nitrogen and oxygen atoms in total. The highest BCUT2D eigenvalue weighted by Crippen LogP contribution is 2.80. The molecule has 0 aliphatic carbocycles. The molecule has 0 radical (unpaired) electrons. The van der Waals surface area contributed by atoms with Crippen LogP contribution in [-0.2, 0) is 0 Å². The van der Waals surface area contributed by atoms with E-state index >= 15 is 0 Å². The molecule has 1 unspecified atom stereocenters. The lowest BCUT2D eigenvalue weighted by Gasteiger charge is -2.40. The first-order valence-electron chi connectivity index (χ1n) is 12.1. The van der Waals surface area contributed by atoms with E-state index in [4.69, 9.17) is 11.6 Å². The molecule has 0 bridgehead atoms. The molecule has 0 aromatic heterocycles. The zero-order chi connectivity index (χ0) is 24.1. The van der Waals surface area contributed by atoms with E-state index < -0.39 is 10.0 Å². The van der Waals surface area contributed by atoms with E-state index in [-0.39, 0.29) is 0 Å². The van der Waals surface area contributed by atoms with Gasteiger partial charge in [-0.05, 0) is 75.5 Å². The van der Waals surface area contributed by atoms with Gasteiger partial charge in [0.2, 0.25) is 0 Å². The van der Waals surface area contributed by atoms with Crippen molar-refractivity contribution in [3.63, 3.8) is 0 Å². The van der Waals surface area contributed by atoms with Crippen molar-refractivity contribution in [2.45, 2.75) is 19.6 Å². The third-order valence-corrected chi connectivity index (χ3v) is 11.4. The summed E-state index contributed by atoms with van der Waals surface area (Å²) >= 11 is 6.22. The first-order valence-corrected chi connectivity index (χ1v) is 14.1. The molecule has 1 heterocycles. The number of hydrogen-bond acceptors (Lipinski definition) is 0. The van der Waals surface area contributed by atoms with Crippen molar-refractivity contribution < 1.29 is 0 Å². The van der Waals surface area contributed by atoms with Crippen LogP contribution in [0.1, 0.15) is 0 Å². The summed E-state index contributed by atoms with van der Waals surface area (Å²) in [4.78, 5) is 5.57. The summed E-state index contributed by atoms with van der Waals surface area (Å²) < 4.78 is 0. The van der Waals surface area contributed by atoms with Crippen LogP contribution >= 0.6 is 21.6 Å². The van der Waals surface area contributed by atoms with Gasteiger partial charge in [0.25, 0.3) is 0 Å². The lowest BCUT2D eigenvalue weighted by atomic mass is 10.0. The Morgan fingerprint density at radius 2 is 1.08 bits per heavy atom. The van der Waals surface area contributed by atoms with Gasteiger partial charge in [0.05, 0.1) is 0 Å². The standard InChI is InChI=1S/C34H23ClS/c35-27-20-17-24(18-21-27)26-19-22-31-30-14-6-7-15-33(30)36(34(31)23-26,28-11-2-1-3-12-28)32-16-8-10-25-9-4-5-13-29(25)32/h1-23H. The van der Waals surface area contributed by atoms with Crippen LogP contribution in [0.2, 0.25) is 5.02 Å². The van der Waals surface area contributed by atoms with Gasteiger partial charge in [0.1, 0.15) is 0 Å². The highest BCUT2D eigenvalue weighted by molar-refractivity contribution is 8.34. The molecule has 1 aliphatic heterocycles. The smallest absolute Gasteiger partial charge is 0.0406 e. The Morgan fingerprint density at radius 1 is 0.444 bits per heavy atom. The Hall–Kier alpha value is -3.78. The van der Waals surface area contributed by atoms with Crippen LogP contribution in [-0.4, -0.2) is 0 Å². The van der Waals surface area contributed by atoms with Crippen LogP contribution in [0.25, 0.3) is 33.0 Å². The third-order valence-electron chi connectivity index (χ3n) is 7.17. The average molecular weight is 499 g/mol. The zero-order valence-electron chi connectivity index (χ0n) is 19.6. The molecule has 2 heteroatoms. The summed E-state index contributed by atoms with van der Waals surface area (Å²) in [5.74, 6) is 0. The van der Waals surface area contributed by atoms with Crippen molar-refractivity contribution in [2.24, 2.45) is 0 Å². The number of rotatable bonds is 3. The van der Waals surface area contributed by atoms with E-state index in [1.54, 1.807) is 0 Å². The summed E-state index contributed by atoms with van der Waals surface area (Å²) in [5.41, 5.74) is 5.06. The van der Waals surface area contributed by atoms with Crippen molar-refractivity contribution in [2.75, 3.05) is 0 Å². The van der Waals surface area contributed by atoms with E-state index in [0.29, 0.717) is 0 Å². The maximum Gasteiger partial charge on any atom is 0.0406 e. The SMILES string of the molecule is Clc1ccc(-c2ccc3c(c2)S(c2ccccc2)(c2cccc4ccccc24)c2ccccc2-3)cc1. The Kier molecular flexibility index (Phi) is 5.02.